The quantitative estimate of drug-likeness (QED) is 0.715. The van der Waals surface area contributed by atoms with Gasteiger partial charge in [-0.15, -0.1) is 0 Å². The molecule has 84 valence electrons. The molecule has 1 aromatic rings. The van der Waals surface area contributed by atoms with Crippen molar-refractivity contribution in [3.8, 4) is 0 Å². The molecule has 2 atom stereocenters. The van der Waals surface area contributed by atoms with Crippen LogP contribution in [0.25, 0.3) is 0 Å². The molecule has 0 saturated heterocycles. The number of ether oxygens (including phenoxy) is 1. The molecule has 0 aromatic heterocycles. The topological polar surface area (TPSA) is 9.23 Å². The molecule has 0 amide bonds. The van der Waals surface area contributed by atoms with Crippen LogP contribution in [0.15, 0.2) is 24.3 Å². The van der Waals surface area contributed by atoms with Crippen LogP contribution in [0.1, 0.15) is 38.9 Å². The number of hydrogen-bond donors (Lipinski definition) is 0. The molecule has 0 aliphatic heterocycles. The Kier molecular flexibility index (Phi) is 4.76. The van der Waals surface area contributed by atoms with Crippen LogP contribution in [0.2, 0.25) is 0 Å². The molecule has 2 unspecified atom stereocenters. The smallest absolute Gasteiger partial charge is 0.128 e. The minimum absolute atomic E-state index is 0.166. The molecule has 1 rings (SSSR count). The van der Waals surface area contributed by atoms with Gasteiger partial charge in [-0.3, -0.25) is 0 Å². The number of rotatable bonds is 5. The second-order valence-corrected chi connectivity index (χ2v) is 4.01. The number of halogens is 1. The third-order valence-electron chi connectivity index (χ3n) is 2.67. The Labute approximate surface area is 91.3 Å². The summed E-state index contributed by atoms with van der Waals surface area (Å²) in [6.07, 6.45) is 0.921. The van der Waals surface area contributed by atoms with Crippen molar-refractivity contribution in [1.82, 2.24) is 0 Å². The van der Waals surface area contributed by atoms with E-state index in [0.717, 1.165) is 6.42 Å². The van der Waals surface area contributed by atoms with Crippen LogP contribution in [0.3, 0.4) is 0 Å². The lowest BCUT2D eigenvalue weighted by Gasteiger charge is -2.16. The highest BCUT2D eigenvalue weighted by molar-refractivity contribution is 5.19. The Morgan fingerprint density at radius 3 is 2.53 bits per heavy atom. The molecule has 15 heavy (non-hydrogen) atoms. The minimum atomic E-state index is -0.186. The van der Waals surface area contributed by atoms with Gasteiger partial charge >= 0.3 is 0 Å². The third kappa shape index (κ3) is 3.63. The van der Waals surface area contributed by atoms with Gasteiger partial charge in [-0.05, 0) is 18.9 Å². The number of benzene rings is 1. The predicted molar refractivity (Wildman–Crippen MR) is 60.2 cm³/mol. The molecule has 0 saturated carbocycles. The van der Waals surface area contributed by atoms with Crippen LogP contribution in [-0.4, -0.2) is 6.61 Å². The van der Waals surface area contributed by atoms with Gasteiger partial charge in [0.25, 0.3) is 0 Å². The fourth-order valence-electron chi connectivity index (χ4n) is 1.32. The van der Waals surface area contributed by atoms with E-state index in [0.29, 0.717) is 18.1 Å². The summed E-state index contributed by atoms with van der Waals surface area (Å²) in [5.41, 5.74) is 0.640. The fourth-order valence-corrected chi connectivity index (χ4v) is 1.32. The van der Waals surface area contributed by atoms with E-state index < -0.39 is 0 Å². The normalized spacial score (nSPS) is 14.9. The first kappa shape index (κ1) is 12.2. The zero-order chi connectivity index (χ0) is 11.3. The van der Waals surface area contributed by atoms with Gasteiger partial charge < -0.3 is 4.74 Å². The summed E-state index contributed by atoms with van der Waals surface area (Å²) in [7, 11) is 0. The van der Waals surface area contributed by atoms with E-state index in [4.69, 9.17) is 4.74 Å². The van der Waals surface area contributed by atoms with Crippen molar-refractivity contribution >= 4 is 0 Å². The Morgan fingerprint density at radius 2 is 1.93 bits per heavy atom. The molecule has 0 heterocycles. The van der Waals surface area contributed by atoms with Gasteiger partial charge in [0.05, 0.1) is 6.10 Å². The average Bonchev–Trinajstić information content (AvgIpc) is 2.26. The summed E-state index contributed by atoms with van der Waals surface area (Å²) in [6, 6.07) is 6.77. The molecule has 0 radical (unpaired) electrons. The maximum Gasteiger partial charge on any atom is 0.128 e. The van der Waals surface area contributed by atoms with Gasteiger partial charge in [0, 0.05) is 12.2 Å². The zero-order valence-corrected chi connectivity index (χ0v) is 9.66. The number of hydrogen-bond acceptors (Lipinski definition) is 1. The highest BCUT2D eigenvalue weighted by Crippen LogP contribution is 2.20. The Balaban J connectivity index is 2.54. The first-order valence-corrected chi connectivity index (χ1v) is 5.51. The molecule has 1 nitrogen and oxygen atoms in total. The molecule has 0 N–H and O–H groups in total. The van der Waals surface area contributed by atoms with Gasteiger partial charge in [0.1, 0.15) is 5.82 Å². The van der Waals surface area contributed by atoms with Crippen molar-refractivity contribution in [2.45, 2.75) is 33.3 Å². The molecule has 2 heteroatoms. The Morgan fingerprint density at radius 1 is 1.27 bits per heavy atom. The highest BCUT2D eigenvalue weighted by atomic mass is 19.1. The van der Waals surface area contributed by atoms with E-state index in [2.05, 4.69) is 13.8 Å². The lowest BCUT2D eigenvalue weighted by molar-refractivity contribution is 0.0404. The van der Waals surface area contributed by atoms with Crippen LogP contribution < -0.4 is 0 Å². The summed E-state index contributed by atoms with van der Waals surface area (Å²) in [5.74, 6) is 0.341. The lowest BCUT2D eigenvalue weighted by Crippen LogP contribution is -2.09. The minimum Gasteiger partial charge on any atom is -0.373 e. The van der Waals surface area contributed by atoms with E-state index in [1.54, 1.807) is 12.1 Å². The molecule has 0 aliphatic rings. The van der Waals surface area contributed by atoms with Gasteiger partial charge in [-0.2, -0.15) is 0 Å². The summed E-state index contributed by atoms with van der Waals surface area (Å²) in [6.45, 7) is 6.84. The van der Waals surface area contributed by atoms with Crippen molar-refractivity contribution in [3.05, 3.63) is 35.6 Å². The van der Waals surface area contributed by atoms with E-state index in [-0.39, 0.29) is 11.9 Å². The van der Waals surface area contributed by atoms with Gasteiger partial charge in [-0.25, -0.2) is 4.39 Å². The molecule has 0 spiro atoms. The van der Waals surface area contributed by atoms with Gasteiger partial charge in [0.2, 0.25) is 0 Å². The standard InChI is InChI=1S/C13H19FO/c1-4-10(2)9-15-11(3)12-7-5-6-8-13(12)14/h5-8,10-11H,4,9H2,1-3H3. The molecule has 1 aromatic carbocycles. The summed E-state index contributed by atoms with van der Waals surface area (Å²) in [4.78, 5) is 0. The molecular formula is C13H19FO. The van der Waals surface area contributed by atoms with Crippen LogP contribution in [0.5, 0.6) is 0 Å². The van der Waals surface area contributed by atoms with Crippen molar-refractivity contribution in [3.63, 3.8) is 0 Å². The summed E-state index contributed by atoms with van der Waals surface area (Å²) < 4.78 is 19.0. The molecule has 0 aliphatic carbocycles. The van der Waals surface area contributed by atoms with E-state index >= 15 is 0 Å². The van der Waals surface area contributed by atoms with Crippen LogP contribution in [0, 0.1) is 11.7 Å². The third-order valence-corrected chi connectivity index (χ3v) is 2.67. The SMILES string of the molecule is CCC(C)COC(C)c1ccccc1F. The highest BCUT2D eigenvalue weighted by Gasteiger charge is 2.11. The lowest BCUT2D eigenvalue weighted by atomic mass is 10.1. The average molecular weight is 210 g/mol. The fraction of sp³-hybridized carbons (Fsp3) is 0.538. The van der Waals surface area contributed by atoms with E-state index in [1.165, 1.54) is 6.07 Å². The second kappa shape index (κ2) is 5.86. The van der Waals surface area contributed by atoms with Crippen molar-refractivity contribution in [2.24, 2.45) is 5.92 Å². The maximum atomic E-state index is 13.4. The molecule has 0 bridgehead atoms. The first-order chi connectivity index (χ1) is 7.15. The Bertz CT molecular complexity index is 298. The maximum absolute atomic E-state index is 13.4. The largest absolute Gasteiger partial charge is 0.373 e. The van der Waals surface area contributed by atoms with Crippen molar-refractivity contribution in [1.29, 1.82) is 0 Å². The van der Waals surface area contributed by atoms with E-state index in [9.17, 15) is 4.39 Å². The molecule has 0 fully saturated rings. The van der Waals surface area contributed by atoms with Crippen LogP contribution in [-0.2, 0) is 4.74 Å². The zero-order valence-electron chi connectivity index (χ0n) is 9.66. The van der Waals surface area contributed by atoms with Gasteiger partial charge in [-0.1, -0.05) is 38.5 Å². The monoisotopic (exact) mass is 210 g/mol. The summed E-state index contributed by atoms with van der Waals surface area (Å²) >= 11 is 0. The molecular weight excluding hydrogens is 191 g/mol. The first-order valence-electron chi connectivity index (χ1n) is 5.51. The van der Waals surface area contributed by atoms with Gasteiger partial charge in [0.15, 0.2) is 0 Å². The van der Waals surface area contributed by atoms with E-state index in [1.807, 2.05) is 13.0 Å². The van der Waals surface area contributed by atoms with Crippen molar-refractivity contribution < 1.29 is 9.13 Å². The van der Waals surface area contributed by atoms with Crippen LogP contribution >= 0.6 is 0 Å². The summed E-state index contributed by atoms with van der Waals surface area (Å²) in [5, 5.41) is 0. The predicted octanol–water partition coefficient (Wildman–Crippen LogP) is 3.95. The Hall–Kier alpha value is -0.890. The second-order valence-electron chi connectivity index (χ2n) is 4.01. The van der Waals surface area contributed by atoms with Crippen LogP contribution in [0.4, 0.5) is 4.39 Å². The van der Waals surface area contributed by atoms with Crippen molar-refractivity contribution in [2.75, 3.05) is 6.61 Å².